The van der Waals surface area contributed by atoms with E-state index in [1.54, 1.807) is 0 Å². The van der Waals surface area contributed by atoms with Gasteiger partial charge >= 0.3 is 16.2 Å². The largest absolute Gasteiger partial charge is 0.506 e. The summed E-state index contributed by atoms with van der Waals surface area (Å²) in [5.41, 5.74) is 0.216. The molecule has 0 radical (unpaired) electrons. The third-order valence-corrected chi connectivity index (χ3v) is 4.35. The van der Waals surface area contributed by atoms with Crippen LogP contribution in [-0.2, 0) is 15.0 Å². The predicted molar refractivity (Wildman–Crippen MR) is 75.8 cm³/mol. The Labute approximate surface area is 124 Å². The monoisotopic (exact) mass is 325 g/mol. The number of anilines is 1. The number of phenolic OH excluding ortho intramolecular Hbond substituents is 1. The van der Waals surface area contributed by atoms with Gasteiger partial charge in [0.25, 0.3) is 5.91 Å². The van der Waals surface area contributed by atoms with Crippen molar-refractivity contribution < 1.29 is 27.6 Å². The van der Waals surface area contributed by atoms with Crippen LogP contribution in [0.25, 0.3) is 10.9 Å². The minimum Gasteiger partial charge on any atom is -0.506 e. The van der Waals surface area contributed by atoms with E-state index < -0.39 is 22.7 Å². The van der Waals surface area contributed by atoms with Crippen LogP contribution in [0.15, 0.2) is 29.3 Å². The summed E-state index contributed by atoms with van der Waals surface area (Å²) in [4.78, 5) is 11.3. The van der Waals surface area contributed by atoms with Crippen LogP contribution in [0.3, 0.4) is 0 Å². The molecule has 0 spiro atoms. The fourth-order valence-corrected chi connectivity index (χ4v) is 3.20. The first-order valence-corrected chi connectivity index (χ1v) is 7.56. The fourth-order valence-electron chi connectivity index (χ4n) is 2.04. The third-order valence-electron chi connectivity index (χ3n) is 2.96. The molecule has 1 aliphatic heterocycles. The maximum Gasteiger partial charge on any atom is 0.326 e. The van der Waals surface area contributed by atoms with Crippen LogP contribution >= 0.6 is 0 Å². The molecule has 1 amide bonds. The molecule has 2 heterocycles. The summed E-state index contributed by atoms with van der Waals surface area (Å²) in [5, 5.41) is 14.1. The zero-order chi connectivity index (χ0) is 15.9. The van der Waals surface area contributed by atoms with E-state index in [1.807, 2.05) is 4.72 Å². The van der Waals surface area contributed by atoms with Gasteiger partial charge < -0.3 is 14.4 Å². The maximum absolute atomic E-state index is 11.9. The van der Waals surface area contributed by atoms with Gasteiger partial charge in [0.2, 0.25) is 0 Å². The van der Waals surface area contributed by atoms with Crippen molar-refractivity contribution in [1.29, 1.82) is 0 Å². The first-order valence-electron chi connectivity index (χ1n) is 6.12. The first kappa shape index (κ1) is 14.2. The number of hydrogen-bond donors (Lipinski definition) is 2. The van der Waals surface area contributed by atoms with E-state index >= 15 is 0 Å². The van der Waals surface area contributed by atoms with Gasteiger partial charge in [0.05, 0.1) is 11.1 Å². The lowest BCUT2D eigenvalue weighted by Crippen LogP contribution is -2.29. The first-order chi connectivity index (χ1) is 10.4. The van der Waals surface area contributed by atoms with Crippen molar-refractivity contribution in [3.8, 4) is 11.7 Å². The van der Waals surface area contributed by atoms with Gasteiger partial charge in [-0.05, 0) is 6.07 Å². The second kappa shape index (κ2) is 4.91. The second-order valence-electron chi connectivity index (χ2n) is 4.46. The number of aromatic nitrogens is 1. The Morgan fingerprint density at radius 1 is 1.55 bits per heavy atom. The smallest absolute Gasteiger partial charge is 0.326 e. The van der Waals surface area contributed by atoms with Gasteiger partial charge in [-0.2, -0.15) is 8.42 Å². The summed E-state index contributed by atoms with van der Waals surface area (Å²) in [7, 11) is -4.03. The lowest BCUT2D eigenvalue weighted by molar-refractivity contribution is -0.117. The highest BCUT2D eigenvalue weighted by atomic mass is 32.2. The molecule has 0 aliphatic carbocycles. The van der Waals surface area contributed by atoms with Crippen LogP contribution in [0, 0.1) is 0 Å². The van der Waals surface area contributed by atoms with Crippen molar-refractivity contribution >= 4 is 32.7 Å². The van der Waals surface area contributed by atoms with Gasteiger partial charge in [0.15, 0.2) is 0 Å². The second-order valence-corrected chi connectivity index (χ2v) is 6.06. The highest BCUT2D eigenvalue weighted by molar-refractivity contribution is 7.92. The molecule has 1 saturated heterocycles. The Kier molecular flexibility index (Phi) is 3.17. The molecule has 2 aromatic rings. The van der Waals surface area contributed by atoms with Crippen LogP contribution in [0.4, 0.5) is 5.69 Å². The van der Waals surface area contributed by atoms with Crippen molar-refractivity contribution in [2.75, 3.05) is 17.5 Å². The Morgan fingerprint density at radius 2 is 2.32 bits per heavy atom. The standard InChI is InChI=1S/C12H11N3O6S/c1-2-3-20-12-7-4-9(10(16)5-8(7)13-21-12)15-6-11(17)14-22(15,18)19/h2,4-5,16H,1,3,6H2,(H,14,17). The number of rotatable bonds is 4. The molecular formula is C12H11N3O6S. The number of nitrogens with one attached hydrogen (secondary N) is 1. The Hall–Kier alpha value is -2.75. The van der Waals surface area contributed by atoms with Crippen LogP contribution in [0.5, 0.6) is 11.7 Å². The minimum absolute atomic E-state index is 0.0621. The van der Waals surface area contributed by atoms with E-state index in [2.05, 4.69) is 11.7 Å². The number of benzene rings is 1. The van der Waals surface area contributed by atoms with Crippen molar-refractivity contribution in [2.45, 2.75) is 0 Å². The summed E-state index contributed by atoms with van der Waals surface area (Å²) in [6, 6.07) is 2.56. The molecular weight excluding hydrogens is 314 g/mol. The van der Waals surface area contributed by atoms with Gasteiger partial charge in [-0.3, -0.25) is 4.79 Å². The molecule has 3 rings (SSSR count). The van der Waals surface area contributed by atoms with Gasteiger partial charge in [-0.25, -0.2) is 9.03 Å². The third kappa shape index (κ3) is 2.22. The molecule has 2 N–H and O–H groups in total. The van der Waals surface area contributed by atoms with Gasteiger partial charge in [0, 0.05) is 6.07 Å². The molecule has 0 atom stereocenters. The quantitative estimate of drug-likeness (QED) is 0.774. The fraction of sp³-hybridized carbons (Fsp3) is 0.167. The summed E-state index contributed by atoms with van der Waals surface area (Å²) in [6.07, 6.45) is 1.50. The molecule has 0 saturated carbocycles. The molecule has 1 aromatic carbocycles. The van der Waals surface area contributed by atoms with E-state index in [9.17, 15) is 18.3 Å². The van der Waals surface area contributed by atoms with Crippen molar-refractivity contribution in [1.82, 2.24) is 9.88 Å². The van der Waals surface area contributed by atoms with E-state index in [0.717, 1.165) is 4.31 Å². The number of fused-ring (bicyclic) bond motifs is 1. The average Bonchev–Trinajstić information content (AvgIpc) is 2.95. The van der Waals surface area contributed by atoms with E-state index in [0.29, 0.717) is 5.39 Å². The number of amides is 1. The topological polar surface area (TPSA) is 122 Å². The highest BCUT2D eigenvalue weighted by Gasteiger charge is 2.36. The highest BCUT2D eigenvalue weighted by Crippen LogP contribution is 2.37. The van der Waals surface area contributed by atoms with E-state index in [-0.39, 0.29) is 29.5 Å². The number of hydrogen-bond acceptors (Lipinski definition) is 7. The molecule has 0 unspecified atom stereocenters. The van der Waals surface area contributed by atoms with Gasteiger partial charge in [0.1, 0.15) is 24.4 Å². The normalized spacial score (nSPS) is 16.7. The average molecular weight is 325 g/mol. The molecule has 22 heavy (non-hydrogen) atoms. The molecule has 9 nitrogen and oxygen atoms in total. The van der Waals surface area contributed by atoms with Crippen molar-refractivity contribution in [3.05, 3.63) is 24.8 Å². The molecule has 116 valence electrons. The number of phenols is 1. The summed E-state index contributed by atoms with van der Waals surface area (Å²) < 4.78 is 36.5. The summed E-state index contributed by atoms with van der Waals surface area (Å²) in [5.74, 6) is -0.976. The lowest BCUT2D eigenvalue weighted by atomic mass is 10.2. The van der Waals surface area contributed by atoms with Crippen molar-refractivity contribution in [3.63, 3.8) is 0 Å². The van der Waals surface area contributed by atoms with Crippen molar-refractivity contribution in [2.24, 2.45) is 0 Å². The maximum atomic E-state index is 11.9. The molecule has 1 fully saturated rings. The van der Waals surface area contributed by atoms with E-state index in [1.165, 1.54) is 18.2 Å². The molecule has 10 heteroatoms. The summed E-state index contributed by atoms with van der Waals surface area (Å²) in [6.45, 7) is 3.25. The number of carbonyl (C=O) groups excluding carboxylic acids is 1. The molecule has 1 aromatic heterocycles. The van der Waals surface area contributed by atoms with Crippen LogP contribution in [0.2, 0.25) is 0 Å². The Balaban J connectivity index is 2.11. The summed E-state index contributed by atoms with van der Waals surface area (Å²) >= 11 is 0. The molecule has 1 aliphatic rings. The minimum atomic E-state index is -4.03. The van der Waals surface area contributed by atoms with E-state index in [4.69, 9.17) is 9.26 Å². The lowest BCUT2D eigenvalue weighted by Gasteiger charge is -2.15. The van der Waals surface area contributed by atoms with Crippen LogP contribution < -0.4 is 13.8 Å². The predicted octanol–water partition coefficient (Wildman–Crippen LogP) is 0.279. The number of ether oxygens (including phenoxy) is 1. The zero-order valence-electron chi connectivity index (χ0n) is 11.1. The number of aromatic hydroxyl groups is 1. The Bertz CT molecular complexity index is 872. The zero-order valence-corrected chi connectivity index (χ0v) is 12.0. The Morgan fingerprint density at radius 3 is 2.95 bits per heavy atom. The van der Waals surface area contributed by atoms with Gasteiger partial charge in [-0.1, -0.05) is 17.8 Å². The number of nitrogens with zero attached hydrogens (tertiary/aromatic N) is 2. The van der Waals surface area contributed by atoms with Crippen LogP contribution in [-0.4, -0.2) is 37.7 Å². The van der Waals surface area contributed by atoms with Gasteiger partial charge in [-0.15, -0.1) is 0 Å². The number of carbonyl (C=O) groups is 1. The SMILES string of the molecule is C=CCOc1onc2cc(O)c(N3CC(=O)NS3(=O)=O)cc12. The molecule has 0 bridgehead atoms. The van der Waals surface area contributed by atoms with Crippen LogP contribution in [0.1, 0.15) is 0 Å².